The van der Waals surface area contributed by atoms with E-state index in [2.05, 4.69) is 16.5 Å². The molecule has 0 amide bonds. The third kappa shape index (κ3) is 2.49. The summed E-state index contributed by atoms with van der Waals surface area (Å²) in [5.41, 5.74) is 1.99. The van der Waals surface area contributed by atoms with Gasteiger partial charge in [0.25, 0.3) is 0 Å². The maximum atomic E-state index is 6.02. The zero-order chi connectivity index (χ0) is 13.9. The molecule has 102 valence electrons. The van der Waals surface area contributed by atoms with Crippen LogP contribution in [-0.4, -0.2) is 9.55 Å². The lowest BCUT2D eigenvalue weighted by molar-refractivity contribution is 0.291. The summed E-state index contributed by atoms with van der Waals surface area (Å²) in [6.07, 6.45) is 0. The minimum Gasteiger partial charge on any atom is -0.486 e. The molecule has 2 aromatic carbocycles. The van der Waals surface area contributed by atoms with Crippen LogP contribution in [0.1, 0.15) is 12.7 Å². The van der Waals surface area contributed by atoms with Gasteiger partial charge in [0.15, 0.2) is 0 Å². The second-order valence-corrected chi connectivity index (χ2v) is 4.94. The van der Waals surface area contributed by atoms with Gasteiger partial charge in [-0.1, -0.05) is 29.8 Å². The average Bonchev–Trinajstić information content (AvgIpc) is 2.82. The molecule has 0 bridgehead atoms. The lowest BCUT2D eigenvalue weighted by Crippen LogP contribution is -2.05. The molecule has 20 heavy (non-hydrogen) atoms. The molecule has 0 saturated carbocycles. The van der Waals surface area contributed by atoms with Crippen molar-refractivity contribution in [1.82, 2.24) is 9.55 Å². The predicted molar refractivity (Wildman–Crippen MR) is 81.2 cm³/mol. The highest BCUT2D eigenvalue weighted by Gasteiger charge is 2.10. The van der Waals surface area contributed by atoms with Gasteiger partial charge in [0.2, 0.25) is 0 Å². The summed E-state index contributed by atoms with van der Waals surface area (Å²) in [4.78, 5) is 4.61. The zero-order valence-corrected chi connectivity index (χ0v) is 12.0. The number of benzene rings is 2. The summed E-state index contributed by atoms with van der Waals surface area (Å²) in [6, 6.07) is 15.5. The Morgan fingerprint density at radius 1 is 1.15 bits per heavy atom. The highest BCUT2D eigenvalue weighted by Crippen LogP contribution is 2.21. The van der Waals surface area contributed by atoms with Crippen LogP contribution in [-0.2, 0) is 13.2 Å². The SMILES string of the molecule is CCn1c(COc2ccccc2)nc2cc(Cl)ccc21. The van der Waals surface area contributed by atoms with Crippen molar-refractivity contribution >= 4 is 22.6 Å². The minimum absolute atomic E-state index is 0.449. The molecule has 1 heterocycles. The molecule has 0 N–H and O–H groups in total. The van der Waals surface area contributed by atoms with E-state index >= 15 is 0 Å². The van der Waals surface area contributed by atoms with E-state index in [0.29, 0.717) is 11.6 Å². The Labute approximate surface area is 122 Å². The Balaban J connectivity index is 1.91. The second-order valence-electron chi connectivity index (χ2n) is 4.51. The Bertz CT molecular complexity index is 722. The number of aromatic nitrogens is 2. The van der Waals surface area contributed by atoms with E-state index in [1.54, 1.807) is 0 Å². The van der Waals surface area contributed by atoms with Gasteiger partial charge in [0, 0.05) is 11.6 Å². The van der Waals surface area contributed by atoms with Crippen LogP contribution >= 0.6 is 11.6 Å². The summed E-state index contributed by atoms with van der Waals surface area (Å²) in [5, 5.41) is 0.703. The highest BCUT2D eigenvalue weighted by atomic mass is 35.5. The van der Waals surface area contributed by atoms with Crippen molar-refractivity contribution in [3.63, 3.8) is 0 Å². The molecule has 3 aromatic rings. The fourth-order valence-corrected chi connectivity index (χ4v) is 2.45. The van der Waals surface area contributed by atoms with Crippen LogP contribution in [0.15, 0.2) is 48.5 Å². The fraction of sp³-hybridized carbons (Fsp3) is 0.188. The first-order valence-electron chi connectivity index (χ1n) is 6.60. The molecule has 0 aliphatic rings. The van der Waals surface area contributed by atoms with Crippen molar-refractivity contribution < 1.29 is 4.74 Å². The second kappa shape index (κ2) is 5.55. The van der Waals surface area contributed by atoms with E-state index in [1.807, 2.05) is 48.5 Å². The van der Waals surface area contributed by atoms with Gasteiger partial charge in [-0.15, -0.1) is 0 Å². The van der Waals surface area contributed by atoms with Crippen LogP contribution < -0.4 is 4.74 Å². The molecule has 0 saturated heterocycles. The molecule has 0 fully saturated rings. The topological polar surface area (TPSA) is 27.1 Å². The predicted octanol–water partition coefficient (Wildman–Crippen LogP) is 4.29. The van der Waals surface area contributed by atoms with Crippen LogP contribution in [0, 0.1) is 0 Å². The molecule has 0 aliphatic heterocycles. The smallest absolute Gasteiger partial charge is 0.147 e. The Morgan fingerprint density at radius 2 is 1.95 bits per heavy atom. The monoisotopic (exact) mass is 286 g/mol. The molecule has 3 nitrogen and oxygen atoms in total. The van der Waals surface area contributed by atoms with Gasteiger partial charge in [-0.2, -0.15) is 0 Å². The van der Waals surface area contributed by atoms with Crippen molar-refractivity contribution in [2.45, 2.75) is 20.1 Å². The van der Waals surface area contributed by atoms with E-state index in [9.17, 15) is 0 Å². The number of ether oxygens (including phenoxy) is 1. The summed E-state index contributed by atoms with van der Waals surface area (Å²) in [7, 11) is 0. The molecule has 3 rings (SSSR count). The van der Waals surface area contributed by atoms with E-state index in [-0.39, 0.29) is 0 Å². The molecule has 0 radical (unpaired) electrons. The molecular weight excluding hydrogens is 272 g/mol. The van der Waals surface area contributed by atoms with Gasteiger partial charge in [-0.25, -0.2) is 4.98 Å². The Morgan fingerprint density at radius 3 is 2.70 bits per heavy atom. The van der Waals surface area contributed by atoms with Crippen LogP contribution in [0.25, 0.3) is 11.0 Å². The van der Waals surface area contributed by atoms with E-state index in [1.165, 1.54) is 0 Å². The van der Waals surface area contributed by atoms with Crippen LogP contribution in [0.2, 0.25) is 5.02 Å². The summed E-state index contributed by atoms with van der Waals surface area (Å²) < 4.78 is 7.93. The normalized spacial score (nSPS) is 10.9. The number of rotatable bonds is 4. The summed E-state index contributed by atoms with van der Waals surface area (Å²) in [5.74, 6) is 1.76. The van der Waals surface area contributed by atoms with Gasteiger partial charge in [-0.05, 0) is 37.3 Å². The molecular formula is C16H15ClN2O. The van der Waals surface area contributed by atoms with Gasteiger partial charge < -0.3 is 9.30 Å². The molecule has 0 atom stereocenters. The third-order valence-electron chi connectivity index (χ3n) is 3.22. The number of para-hydroxylation sites is 1. The fourth-order valence-electron chi connectivity index (χ4n) is 2.28. The number of hydrogen-bond donors (Lipinski definition) is 0. The van der Waals surface area contributed by atoms with Gasteiger partial charge >= 0.3 is 0 Å². The molecule has 1 aromatic heterocycles. The minimum atomic E-state index is 0.449. The van der Waals surface area contributed by atoms with Crippen molar-refractivity contribution in [2.75, 3.05) is 0 Å². The highest BCUT2D eigenvalue weighted by molar-refractivity contribution is 6.31. The Hall–Kier alpha value is -2.00. The lowest BCUT2D eigenvalue weighted by atomic mass is 10.3. The van der Waals surface area contributed by atoms with Crippen molar-refractivity contribution in [2.24, 2.45) is 0 Å². The van der Waals surface area contributed by atoms with Crippen LogP contribution in [0.5, 0.6) is 5.75 Å². The van der Waals surface area contributed by atoms with E-state index < -0.39 is 0 Å². The molecule has 0 aliphatic carbocycles. The van der Waals surface area contributed by atoms with Gasteiger partial charge in [0.1, 0.15) is 18.2 Å². The summed E-state index contributed by atoms with van der Waals surface area (Å²) in [6.45, 7) is 3.40. The first-order chi connectivity index (χ1) is 9.78. The summed E-state index contributed by atoms with van der Waals surface area (Å²) >= 11 is 6.02. The molecule has 0 unspecified atom stereocenters. The van der Waals surface area contributed by atoms with Crippen molar-refractivity contribution in [1.29, 1.82) is 0 Å². The number of aryl methyl sites for hydroxylation is 1. The first kappa shape index (κ1) is 13.0. The third-order valence-corrected chi connectivity index (χ3v) is 3.45. The number of imidazole rings is 1. The molecule has 4 heteroatoms. The van der Waals surface area contributed by atoms with Crippen LogP contribution in [0.4, 0.5) is 0 Å². The number of halogens is 1. The van der Waals surface area contributed by atoms with E-state index in [0.717, 1.165) is 29.2 Å². The number of hydrogen-bond acceptors (Lipinski definition) is 2. The maximum Gasteiger partial charge on any atom is 0.147 e. The first-order valence-corrected chi connectivity index (χ1v) is 6.98. The molecule has 0 spiro atoms. The van der Waals surface area contributed by atoms with Crippen molar-refractivity contribution in [3.8, 4) is 5.75 Å². The number of nitrogens with zero attached hydrogens (tertiary/aromatic N) is 2. The maximum absolute atomic E-state index is 6.02. The van der Waals surface area contributed by atoms with Crippen LogP contribution in [0.3, 0.4) is 0 Å². The van der Waals surface area contributed by atoms with E-state index in [4.69, 9.17) is 16.3 Å². The number of fused-ring (bicyclic) bond motifs is 1. The largest absolute Gasteiger partial charge is 0.486 e. The average molecular weight is 287 g/mol. The Kier molecular flexibility index (Phi) is 3.61. The lowest BCUT2D eigenvalue weighted by Gasteiger charge is -2.08. The quantitative estimate of drug-likeness (QED) is 0.715. The standard InChI is InChI=1S/C16H15ClN2O/c1-2-19-15-9-8-12(17)10-14(15)18-16(19)11-20-13-6-4-3-5-7-13/h3-10H,2,11H2,1H3. The van der Waals surface area contributed by atoms with Gasteiger partial charge in [0.05, 0.1) is 11.0 Å². The van der Waals surface area contributed by atoms with Crippen molar-refractivity contribution in [3.05, 3.63) is 59.4 Å². The van der Waals surface area contributed by atoms with Gasteiger partial charge in [-0.3, -0.25) is 0 Å². The zero-order valence-electron chi connectivity index (χ0n) is 11.2.